The SMILES string of the molecule is NC1(C(=O)Nc2cccc(NC(=O)Nc3ccccc3)c2)CCCCC1. The van der Waals surface area contributed by atoms with Crippen LogP contribution in [0, 0.1) is 0 Å². The zero-order valence-corrected chi connectivity index (χ0v) is 14.6. The Labute approximate surface area is 153 Å². The molecule has 1 aliphatic carbocycles. The van der Waals surface area contributed by atoms with Crippen LogP contribution in [-0.4, -0.2) is 17.5 Å². The van der Waals surface area contributed by atoms with Gasteiger partial charge in [0.05, 0.1) is 5.54 Å². The Morgan fingerprint density at radius 2 is 1.35 bits per heavy atom. The Morgan fingerprint density at radius 1 is 0.769 bits per heavy atom. The highest BCUT2D eigenvalue weighted by Gasteiger charge is 2.35. The van der Waals surface area contributed by atoms with Crippen LogP contribution in [0.25, 0.3) is 0 Å². The Balaban J connectivity index is 1.61. The van der Waals surface area contributed by atoms with Gasteiger partial charge < -0.3 is 21.7 Å². The minimum atomic E-state index is -0.799. The van der Waals surface area contributed by atoms with Crippen molar-refractivity contribution in [2.75, 3.05) is 16.0 Å². The Morgan fingerprint density at radius 3 is 2.04 bits per heavy atom. The second-order valence-electron chi connectivity index (χ2n) is 6.70. The fourth-order valence-corrected chi connectivity index (χ4v) is 3.15. The molecule has 0 heterocycles. The van der Waals surface area contributed by atoms with Gasteiger partial charge in [-0.2, -0.15) is 0 Å². The van der Waals surface area contributed by atoms with Gasteiger partial charge in [0.1, 0.15) is 0 Å². The predicted octanol–water partition coefficient (Wildman–Crippen LogP) is 3.93. The molecule has 0 spiro atoms. The molecule has 0 aromatic heterocycles. The molecule has 136 valence electrons. The average molecular weight is 352 g/mol. The first-order chi connectivity index (χ1) is 12.5. The van der Waals surface area contributed by atoms with Gasteiger partial charge in [-0.05, 0) is 43.2 Å². The molecule has 2 aromatic rings. The van der Waals surface area contributed by atoms with Crippen LogP contribution in [0.1, 0.15) is 32.1 Å². The van der Waals surface area contributed by atoms with E-state index in [1.165, 1.54) is 0 Å². The molecule has 0 unspecified atom stereocenters. The number of nitrogens with two attached hydrogens (primary N) is 1. The monoisotopic (exact) mass is 352 g/mol. The third kappa shape index (κ3) is 4.61. The highest BCUT2D eigenvalue weighted by Crippen LogP contribution is 2.27. The van der Waals surface area contributed by atoms with Gasteiger partial charge in [-0.15, -0.1) is 0 Å². The molecule has 0 bridgehead atoms. The molecule has 6 heteroatoms. The Kier molecular flexibility index (Phi) is 5.53. The number of carbonyl (C=O) groups is 2. The van der Waals surface area contributed by atoms with Crippen LogP contribution in [0.5, 0.6) is 0 Å². The molecular weight excluding hydrogens is 328 g/mol. The third-order valence-electron chi connectivity index (χ3n) is 4.61. The molecule has 3 rings (SSSR count). The zero-order chi connectivity index (χ0) is 18.4. The summed E-state index contributed by atoms with van der Waals surface area (Å²) in [6, 6.07) is 15.9. The fourth-order valence-electron chi connectivity index (χ4n) is 3.15. The van der Waals surface area contributed by atoms with Crippen LogP contribution in [0.2, 0.25) is 0 Å². The zero-order valence-electron chi connectivity index (χ0n) is 14.6. The van der Waals surface area contributed by atoms with E-state index in [1.807, 2.05) is 18.2 Å². The summed E-state index contributed by atoms with van der Waals surface area (Å²) in [4.78, 5) is 24.6. The number of rotatable bonds is 4. The second kappa shape index (κ2) is 8.01. The molecule has 3 amide bonds. The summed E-state index contributed by atoms with van der Waals surface area (Å²) in [7, 11) is 0. The molecule has 0 saturated heterocycles. The van der Waals surface area contributed by atoms with Crippen molar-refractivity contribution in [2.45, 2.75) is 37.6 Å². The van der Waals surface area contributed by atoms with Crippen LogP contribution in [0.15, 0.2) is 54.6 Å². The summed E-state index contributed by atoms with van der Waals surface area (Å²) >= 11 is 0. The molecule has 26 heavy (non-hydrogen) atoms. The fraction of sp³-hybridized carbons (Fsp3) is 0.300. The molecule has 1 saturated carbocycles. The summed E-state index contributed by atoms with van der Waals surface area (Å²) in [5.74, 6) is -0.164. The lowest BCUT2D eigenvalue weighted by Gasteiger charge is -2.31. The van der Waals surface area contributed by atoms with Crippen molar-refractivity contribution in [3.05, 3.63) is 54.6 Å². The number of anilines is 3. The van der Waals surface area contributed by atoms with E-state index in [0.717, 1.165) is 19.3 Å². The summed E-state index contributed by atoms with van der Waals surface area (Å²) in [5, 5.41) is 8.39. The average Bonchev–Trinajstić information content (AvgIpc) is 2.63. The van der Waals surface area contributed by atoms with Crippen molar-refractivity contribution < 1.29 is 9.59 Å². The number of nitrogens with one attached hydrogen (secondary N) is 3. The molecule has 0 radical (unpaired) electrons. The van der Waals surface area contributed by atoms with E-state index in [1.54, 1.807) is 36.4 Å². The van der Waals surface area contributed by atoms with E-state index in [0.29, 0.717) is 29.9 Å². The Hall–Kier alpha value is -2.86. The standard InChI is InChI=1S/C20H24N4O2/c21-20(12-5-2-6-13-20)18(25)22-16-10-7-11-17(14-16)24-19(26)23-15-8-3-1-4-9-15/h1,3-4,7-11,14H,2,5-6,12-13,21H2,(H,22,25)(H2,23,24,26). The van der Waals surface area contributed by atoms with Gasteiger partial charge in [0.15, 0.2) is 0 Å². The van der Waals surface area contributed by atoms with Gasteiger partial charge in [0, 0.05) is 17.1 Å². The minimum Gasteiger partial charge on any atom is -0.324 e. The molecule has 5 N–H and O–H groups in total. The molecule has 2 aromatic carbocycles. The number of hydrogen-bond donors (Lipinski definition) is 4. The second-order valence-corrected chi connectivity index (χ2v) is 6.70. The molecule has 6 nitrogen and oxygen atoms in total. The predicted molar refractivity (Wildman–Crippen MR) is 104 cm³/mol. The van der Waals surface area contributed by atoms with Gasteiger partial charge in [-0.25, -0.2) is 4.79 Å². The lowest BCUT2D eigenvalue weighted by atomic mass is 9.82. The number of hydrogen-bond acceptors (Lipinski definition) is 3. The highest BCUT2D eigenvalue weighted by atomic mass is 16.2. The van der Waals surface area contributed by atoms with Crippen LogP contribution >= 0.6 is 0 Å². The van der Waals surface area contributed by atoms with E-state index in [-0.39, 0.29) is 11.9 Å². The maximum Gasteiger partial charge on any atom is 0.323 e. The van der Waals surface area contributed by atoms with E-state index in [2.05, 4.69) is 16.0 Å². The van der Waals surface area contributed by atoms with Crippen molar-refractivity contribution >= 4 is 29.0 Å². The lowest BCUT2D eigenvalue weighted by molar-refractivity contribution is -0.122. The minimum absolute atomic E-state index is 0.164. The highest BCUT2D eigenvalue weighted by molar-refractivity contribution is 6.01. The number of carbonyl (C=O) groups excluding carboxylic acids is 2. The van der Waals surface area contributed by atoms with Gasteiger partial charge >= 0.3 is 6.03 Å². The maximum absolute atomic E-state index is 12.5. The summed E-state index contributed by atoms with van der Waals surface area (Å²) in [6.45, 7) is 0. The van der Waals surface area contributed by atoms with E-state index < -0.39 is 5.54 Å². The van der Waals surface area contributed by atoms with Crippen molar-refractivity contribution in [3.63, 3.8) is 0 Å². The third-order valence-corrected chi connectivity index (χ3v) is 4.61. The quantitative estimate of drug-likeness (QED) is 0.671. The van der Waals surface area contributed by atoms with Crippen molar-refractivity contribution in [1.29, 1.82) is 0 Å². The molecular formula is C20H24N4O2. The van der Waals surface area contributed by atoms with E-state index in [9.17, 15) is 9.59 Å². The maximum atomic E-state index is 12.5. The van der Waals surface area contributed by atoms with Crippen LogP contribution in [-0.2, 0) is 4.79 Å². The van der Waals surface area contributed by atoms with Gasteiger partial charge in [0.25, 0.3) is 0 Å². The molecule has 1 fully saturated rings. The molecule has 0 aliphatic heterocycles. The normalized spacial score (nSPS) is 15.7. The van der Waals surface area contributed by atoms with Crippen molar-refractivity contribution in [2.24, 2.45) is 5.73 Å². The summed E-state index contributed by atoms with van der Waals surface area (Å²) in [6.07, 6.45) is 4.49. The summed E-state index contributed by atoms with van der Waals surface area (Å²) in [5.41, 5.74) is 7.37. The van der Waals surface area contributed by atoms with E-state index in [4.69, 9.17) is 5.73 Å². The van der Waals surface area contributed by atoms with Gasteiger partial charge in [-0.3, -0.25) is 4.79 Å². The van der Waals surface area contributed by atoms with Gasteiger partial charge in [0.2, 0.25) is 5.91 Å². The summed E-state index contributed by atoms with van der Waals surface area (Å²) < 4.78 is 0. The topological polar surface area (TPSA) is 96.2 Å². The lowest BCUT2D eigenvalue weighted by Crippen LogP contribution is -2.52. The number of benzene rings is 2. The molecule has 0 atom stereocenters. The van der Waals surface area contributed by atoms with Crippen molar-refractivity contribution in [1.82, 2.24) is 0 Å². The Bertz CT molecular complexity index is 770. The molecule has 1 aliphatic rings. The largest absolute Gasteiger partial charge is 0.324 e. The van der Waals surface area contributed by atoms with Gasteiger partial charge in [-0.1, -0.05) is 43.5 Å². The van der Waals surface area contributed by atoms with E-state index >= 15 is 0 Å². The first-order valence-corrected chi connectivity index (χ1v) is 8.89. The smallest absolute Gasteiger partial charge is 0.323 e. The number of amides is 3. The van der Waals surface area contributed by atoms with Crippen LogP contribution in [0.3, 0.4) is 0 Å². The first kappa shape index (κ1) is 17.9. The van der Waals surface area contributed by atoms with Crippen molar-refractivity contribution in [3.8, 4) is 0 Å². The number of para-hydroxylation sites is 1. The van der Waals surface area contributed by atoms with Crippen LogP contribution < -0.4 is 21.7 Å². The number of urea groups is 1. The first-order valence-electron chi connectivity index (χ1n) is 8.89. The van der Waals surface area contributed by atoms with Crippen LogP contribution in [0.4, 0.5) is 21.9 Å².